The standard InChI is InChI=1S/C23H22FNO3/c1-27-23(26)21-9-6-18(7-10-21)8-11-22(24)16-19-2-4-20(5-3-19)17-25-12-14-28-15-13-25/h2-7,9-10,16H,12-15,17H2,1H3/b22-16+. The highest BCUT2D eigenvalue weighted by Crippen LogP contribution is 2.12. The average Bonchev–Trinajstić information content (AvgIpc) is 2.74. The van der Waals surface area contributed by atoms with Crippen LogP contribution in [-0.2, 0) is 16.0 Å². The van der Waals surface area contributed by atoms with Gasteiger partial charge in [-0.15, -0.1) is 0 Å². The lowest BCUT2D eigenvalue weighted by Gasteiger charge is -2.26. The summed E-state index contributed by atoms with van der Waals surface area (Å²) in [4.78, 5) is 13.7. The summed E-state index contributed by atoms with van der Waals surface area (Å²) in [7, 11) is 1.32. The van der Waals surface area contributed by atoms with Gasteiger partial charge in [0.2, 0.25) is 0 Å². The first-order valence-corrected chi connectivity index (χ1v) is 9.11. The van der Waals surface area contributed by atoms with E-state index < -0.39 is 11.8 Å². The van der Waals surface area contributed by atoms with Crippen LogP contribution in [0.3, 0.4) is 0 Å². The molecule has 0 spiro atoms. The fraction of sp³-hybridized carbons (Fsp3) is 0.261. The summed E-state index contributed by atoms with van der Waals surface area (Å²) in [6.07, 6.45) is 1.41. The van der Waals surface area contributed by atoms with Crippen LogP contribution in [0.4, 0.5) is 4.39 Å². The van der Waals surface area contributed by atoms with Gasteiger partial charge in [-0.3, -0.25) is 4.90 Å². The minimum Gasteiger partial charge on any atom is -0.465 e. The summed E-state index contributed by atoms with van der Waals surface area (Å²) in [5, 5.41) is 0. The molecule has 4 nitrogen and oxygen atoms in total. The minimum atomic E-state index is -0.516. The highest BCUT2D eigenvalue weighted by molar-refractivity contribution is 5.89. The lowest BCUT2D eigenvalue weighted by molar-refractivity contribution is 0.0342. The largest absolute Gasteiger partial charge is 0.465 e. The van der Waals surface area contributed by atoms with Crippen molar-refractivity contribution in [2.24, 2.45) is 0 Å². The van der Waals surface area contributed by atoms with Crippen LogP contribution in [0.1, 0.15) is 27.0 Å². The van der Waals surface area contributed by atoms with E-state index in [-0.39, 0.29) is 0 Å². The lowest BCUT2D eigenvalue weighted by atomic mass is 10.1. The van der Waals surface area contributed by atoms with Crippen molar-refractivity contribution in [2.75, 3.05) is 33.4 Å². The molecule has 0 amide bonds. The van der Waals surface area contributed by atoms with E-state index in [2.05, 4.69) is 21.5 Å². The third-order valence-electron chi connectivity index (χ3n) is 4.42. The van der Waals surface area contributed by atoms with Crippen molar-refractivity contribution in [3.05, 3.63) is 76.6 Å². The molecule has 0 radical (unpaired) electrons. The van der Waals surface area contributed by atoms with Gasteiger partial charge >= 0.3 is 5.97 Å². The fourth-order valence-electron chi connectivity index (χ4n) is 2.86. The second-order valence-corrected chi connectivity index (χ2v) is 6.44. The number of hydrogen-bond acceptors (Lipinski definition) is 4. The molecule has 3 rings (SSSR count). The van der Waals surface area contributed by atoms with Gasteiger partial charge in [0, 0.05) is 25.2 Å². The van der Waals surface area contributed by atoms with E-state index in [1.54, 1.807) is 24.3 Å². The number of halogens is 1. The molecule has 0 saturated carbocycles. The predicted octanol–water partition coefficient (Wildman–Crippen LogP) is 3.67. The molecule has 0 N–H and O–H groups in total. The van der Waals surface area contributed by atoms with Crippen molar-refractivity contribution in [3.63, 3.8) is 0 Å². The van der Waals surface area contributed by atoms with Crippen molar-refractivity contribution >= 4 is 12.0 Å². The Kier molecular flexibility index (Phi) is 6.96. The highest BCUT2D eigenvalue weighted by atomic mass is 19.1. The SMILES string of the molecule is COC(=O)c1ccc(C#C/C(F)=C\c2ccc(CN3CCOCC3)cc2)cc1. The summed E-state index contributed by atoms with van der Waals surface area (Å²) in [6, 6.07) is 14.3. The molecule has 2 aromatic rings. The third-order valence-corrected chi connectivity index (χ3v) is 4.42. The molecule has 2 aromatic carbocycles. The number of carbonyl (C=O) groups is 1. The van der Waals surface area contributed by atoms with E-state index in [4.69, 9.17) is 4.74 Å². The molecule has 0 aromatic heterocycles. The molecule has 0 atom stereocenters. The number of hydrogen-bond donors (Lipinski definition) is 0. The normalized spacial score (nSPS) is 14.9. The molecule has 5 heteroatoms. The van der Waals surface area contributed by atoms with E-state index in [0.717, 1.165) is 38.4 Å². The van der Waals surface area contributed by atoms with E-state index in [1.807, 2.05) is 24.3 Å². The molecule has 0 bridgehead atoms. The molecule has 0 unspecified atom stereocenters. The van der Waals surface area contributed by atoms with E-state index in [1.165, 1.54) is 18.7 Å². The topological polar surface area (TPSA) is 38.8 Å². The second-order valence-electron chi connectivity index (χ2n) is 6.44. The van der Waals surface area contributed by atoms with Crippen molar-refractivity contribution in [3.8, 4) is 11.8 Å². The smallest absolute Gasteiger partial charge is 0.337 e. The molecular formula is C23H22FNO3. The summed E-state index contributed by atoms with van der Waals surface area (Å²) < 4.78 is 24.1. The van der Waals surface area contributed by atoms with E-state index >= 15 is 0 Å². The quantitative estimate of drug-likeness (QED) is 0.600. The first-order valence-electron chi connectivity index (χ1n) is 9.11. The zero-order valence-corrected chi connectivity index (χ0v) is 15.8. The lowest BCUT2D eigenvalue weighted by Crippen LogP contribution is -2.35. The van der Waals surface area contributed by atoms with Gasteiger partial charge in [-0.05, 0) is 47.4 Å². The zero-order valence-electron chi connectivity index (χ0n) is 15.8. The minimum absolute atomic E-state index is 0.414. The number of carbonyl (C=O) groups excluding carboxylic acids is 1. The Balaban J connectivity index is 1.60. The van der Waals surface area contributed by atoms with Gasteiger partial charge < -0.3 is 9.47 Å². The zero-order chi connectivity index (χ0) is 19.8. The van der Waals surface area contributed by atoms with Gasteiger partial charge in [-0.25, -0.2) is 4.79 Å². The summed E-state index contributed by atoms with van der Waals surface area (Å²) in [5.74, 6) is 4.32. The molecule has 1 aliphatic rings. The number of ether oxygens (including phenoxy) is 2. The average molecular weight is 379 g/mol. The molecule has 28 heavy (non-hydrogen) atoms. The molecule has 1 aliphatic heterocycles. The Morgan fingerprint density at radius 2 is 1.82 bits per heavy atom. The van der Waals surface area contributed by atoms with Gasteiger partial charge in [0.15, 0.2) is 5.83 Å². The Morgan fingerprint density at radius 3 is 2.46 bits per heavy atom. The van der Waals surface area contributed by atoms with Crippen LogP contribution < -0.4 is 0 Å². The van der Waals surface area contributed by atoms with Gasteiger partial charge in [0.05, 0.1) is 25.9 Å². The molecule has 144 valence electrons. The van der Waals surface area contributed by atoms with E-state index in [0.29, 0.717) is 11.1 Å². The van der Waals surface area contributed by atoms with Gasteiger partial charge in [0.25, 0.3) is 0 Å². The first-order chi connectivity index (χ1) is 13.6. The van der Waals surface area contributed by atoms with Crippen LogP contribution >= 0.6 is 0 Å². The Labute approximate surface area is 164 Å². The van der Waals surface area contributed by atoms with Crippen LogP contribution in [0.25, 0.3) is 6.08 Å². The monoisotopic (exact) mass is 379 g/mol. The van der Waals surface area contributed by atoms with Crippen molar-refractivity contribution in [2.45, 2.75) is 6.54 Å². The Hall–Kier alpha value is -2.94. The molecule has 1 saturated heterocycles. The van der Waals surface area contributed by atoms with Crippen molar-refractivity contribution < 1.29 is 18.7 Å². The summed E-state index contributed by atoms with van der Waals surface area (Å²) in [5.41, 5.74) is 3.01. The first kappa shape index (κ1) is 19.8. The van der Waals surface area contributed by atoms with Crippen LogP contribution in [0.2, 0.25) is 0 Å². The maximum atomic E-state index is 14.1. The number of methoxy groups -OCH3 is 1. The molecule has 0 aliphatic carbocycles. The van der Waals surface area contributed by atoms with Gasteiger partial charge in [0.1, 0.15) is 0 Å². The van der Waals surface area contributed by atoms with Gasteiger partial charge in [-0.2, -0.15) is 4.39 Å². The number of esters is 1. The fourth-order valence-corrected chi connectivity index (χ4v) is 2.86. The van der Waals surface area contributed by atoms with Crippen LogP contribution in [0, 0.1) is 11.8 Å². The third kappa shape index (κ3) is 5.78. The number of morpholine rings is 1. The van der Waals surface area contributed by atoms with Crippen molar-refractivity contribution in [1.82, 2.24) is 4.90 Å². The van der Waals surface area contributed by atoms with Crippen molar-refractivity contribution in [1.29, 1.82) is 0 Å². The Bertz CT molecular complexity index is 886. The molecule has 1 fully saturated rings. The Morgan fingerprint density at radius 1 is 1.14 bits per heavy atom. The number of allylic oxidation sites excluding steroid dienone is 1. The number of nitrogens with zero attached hydrogens (tertiary/aromatic N) is 1. The van der Waals surface area contributed by atoms with Gasteiger partial charge in [-0.1, -0.05) is 30.2 Å². The maximum absolute atomic E-state index is 14.1. The van der Waals surface area contributed by atoms with E-state index in [9.17, 15) is 9.18 Å². The highest BCUT2D eigenvalue weighted by Gasteiger charge is 2.10. The number of benzene rings is 2. The predicted molar refractivity (Wildman–Crippen MR) is 106 cm³/mol. The second kappa shape index (κ2) is 9.84. The summed E-state index contributed by atoms with van der Waals surface area (Å²) in [6.45, 7) is 4.29. The van der Waals surface area contributed by atoms with Crippen LogP contribution in [-0.4, -0.2) is 44.3 Å². The molecule has 1 heterocycles. The van der Waals surface area contributed by atoms with Crippen LogP contribution in [0.15, 0.2) is 54.4 Å². The molecular weight excluding hydrogens is 357 g/mol. The summed E-state index contributed by atoms with van der Waals surface area (Å²) >= 11 is 0. The maximum Gasteiger partial charge on any atom is 0.337 e. The van der Waals surface area contributed by atoms with Crippen LogP contribution in [0.5, 0.6) is 0 Å². The number of rotatable bonds is 4.